The smallest absolute Gasteiger partial charge is 0.254 e. The first-order valence-corrected chi connectivity index (χ1v) is 8.77. The fraction of sp³-hybridized carbons (Fsp3) is 0.300. The summed E-state index contributed by atoms with van der Waals surface area (Å²) in [4.78, 5) is 14.8. The van der Waals surface area contributed by atoms with Crippen LogP contribution in [0.2, 0.25) is 0 Å². The minimum absolute atomic E-state index is 0.0239. The van der Waals surface area contributed by atoms with Gasteiger partial charge in [0.25, 0.3) is 5.91 Å². The third kappa shape index (κ3) is 3.57. The minimum atomic E-state index is -0.0239. The Labute approximate surface area is 152 Å². The van der Waals surface area contributed by atoms with Crippen molar-refractivity contribution in [2.45, 2.75) is 33.4 Å². The molecule has 0 aliphatic heterocycles. The lowest BCUT2D eigenvalue weighted by molar-refractivity contribution is 0.0743. The van der Waals surface area contributed by atoms with Crippen LogP contribution in [0.4, 0.5) is 0 Å². The van der Waals surface area contributed by atoms with Gasteiger partial charge in [0.15, 0.2) is 0 Å². The fourth-order valence-electron chi connectivity index (χ4n) is 2.95. The molecule has 0 bridgehead atoms. The average Bonchev–Trinajstić information content (AvgIpc) is 3.10. The van der Waals surface area contributed by atoms with E-state index in [2.05, 4.69) is 23.3 Å². The molecule has 0 spiro atoms. The standard InChI is InChI=1S/C20H21N5O/c1-3-11-24(14-16-7-5-15(13-21)6-8-16)20(26)17-9-10-19-18(12-17)22-23-25(19)4-2/h5-10,12H,3-4,11,14H2,1-2H3. The summed E-state index contributed by atoms with van der Waals surface area (Å²) < 4.78 is 1.81. The number of fused-ring (bicyclic) bond motifs is 1. The van der Waals surface area contributed by atoms with Crippen LogP contribution < -0.4 is 0 Å². The van der Waals surface area contributed by atoms with Crippen molar-refractivity contribution < 1.29 is 4.79 Å². The molecule has 1 aromatic heterocycles. The fourth-order valence-corrected chi connectivity index (χ4v) is 2.95. The van der Waals surface area contributed by atoms with E-state index in [-0.39, 0.29) is 5.91 Å². The van der Waals surface area contributed by atoms with Crippen LogP contribution >= 0.6 is 0 Å². The number of benzene rings is 2. The molecule has 3 aromatic rings. The van der Waals surface area contributed by atoms with Crippen LogP contribution in [0.25, 0.3) is 11.0 Å². The van der Waals surface area contributed by atoms with Gasteiger partial charge in [-0.15, -0.1) is 5.10 Å². The van der Waals surface area contributed by atoms with Gasteiger partial charge < -0.3 is 4.90 Å². The van der Waals surface area contributed by atoms with Gasteiger partial charge >= 0.3 is 0 Å². The molecule has 1 amide bonds. The van der Waals surface area contributed by atoms with Gasteiger partial charge in [-0.1, -0.05) is 24.3 Å². The molecule has 6 heteroatoms. The maximum absolute atomic E-state index is 13.0. The van der Waals surface area contributed by atoms with E-state index >= 15 is 0 Å². The van der Waals surface area contributed by atoms with E-state index in [4.69, 9.17) is 5.26 Å². The van der Waals surface area contributed by atoms with E-state index < -0.39 is 0 Å². The zero-order valence-corrected chi connectivity index (χ0v) is 15.0. The second-order valence-corrected chi connectivity index (χ2v) is 6.14. The highest BCUT2D eigenvalue weighted by atomic mass is 16.2. The molecular weight excluding hydrogens is 326 g/mol. The van der Waals surface area contributed by atoms with Crippen LogP contribution in [-0.2, 0) is 13.1 Å². The normalized spacial score (nSPS) is 10.7. The van der Waals surface area contributed by atoms with Gasteiger partial charge in [0, 0.05) is 25.2 Å². The monoisotopic (exact) mass is 347 g/mol. The van der Waals surface area contributed by atoms with Crippen molar-refractivity contribution in [3.63, 3.8) is 0 Å². The summed E-state index contributed by atoms with van der Waals surface area (Å²) >= 11 is 0. The lowest BCUT2D eigenvalue weighted by atomic mass is 10.1. The second kappa shape index (κ2) is 7.79. The van der Waals surface area contributed by atoms with Gasteiger partial charge in [0.05, 0.1) is 17.1 Å². The van der Waals surface area contributed by atoms with Crippen molar-refractivity contribution in [2.75, 3.05) is 6.54 Å². The molecule has 3 rings (SSSR count). The van der Waals surface area contributed by atoms with Crippen LogP contribution in [-0.4, -0.2) is 32.3 Å². The SMILES string of the molecule is CCCN(Cc1ccc(C#N)cc1)C(=O)c1ccc2c(c1)nnn2CC. The summed E-state index contributed by atoms with van der Waals surface area (Å²) in [6.07, 6.45) is 0.871. The third-order valence-electron chi connectivity index (χ3n) is 4.30. The molecule has 0 radical (unpaired) electrons. The molecule has 0 saturated heterocycles. The van der Waals surface area contributed by atoms with Crippen molar-refractivity contribution in [2.24, 2.45) is 0 Å². The van der Waals surface area contributed by atoms with E-state index in [0.29, 0.717) is 24.2 Å². The lowest BCUT2D eigenvalue weighted by Gasteiger charge is -2.22. The number of aryl methyl sites for hydroxylation is 1. The number of nitrogens with zero attached hydrogens (tertiary/aromatic N) is 5. The molecule has 0 unspecified atom stereocenters. The highest BCUT2D eigenvalue weighted by molar-refractivity contribution is 5.97. The Bertz CT molecular complexity index is 952. The minimum Gasteiger partial charge on any atom is -0.334 e. The van der Waals surface area contributed by atoms with E-state index in [1.165, 1.54) is 0 Å². The van der Waals surface area contributed by atoms with E-state index in [0.717, 1.165) is 29.6 Å². The maximum atomic E-state index is 13.0. The van der Waals surface area contributed by atoms with Gasteiger partial charge in [0.1, 0.15) is 5.52 Å². The van der Waals surface area contributed by atoms with Crippen molar-refractivity contribution in [1.29, 1.82) is 5.26 Å². The highest BCUT2D eigenvalue weighted by Crippen LogP contribution is 2.17. The van der Waals surface area contributed by atoms with Crippen LogP contribution in [0, 0.1) is 11.3 Å². The zero-order chi connectivity index (χ0) is 18.5. The van der Waals surface area contributed by atoms with E-state index in [1.807, 2.05) is 40.8 Å². The summed E-state index contributed by atoms with van der Waals surface area (Å²) in [7, 11) is 0. The van der Waals surface area contributed by atoms with Crippen molar-refractivity contribution in [3.05, 3.63) is 59.2 Å². The molecule has 0 atom stereocenters. The summed E-state index contributed by atoms with van der Waals surface area (Å²) in [5, 5.41) is 17.2. The predicted octanol–water partition coefficient (Wildman–Crippen LogP) is 3.38. The summed E-state index contributed by atoms with van der Waals surface area (Å²) in [5.74, 6) is -0.0239. The molecule has 0 saturated carbocycles. The molecule has 6 nitrogen and oxygen atoms in total. The molecule has 2 aromatic carbocycles. The number of hydrogen-bond donors (Lipinski definition) is 0. The van der Waals surface area contributed by atoms with Crippen LogP contribution in [0.15, 0.2) is 42.5 Å². The Morgan fingerprint density at radius 3 is 2.62 bits per heavy atom. The van der Waals surface area contributed by atoms with Gasteiger partial charge in [0.2, 0.25) is 0 Å². The van der Waals surface area contributed by atoms with Crippen molar-refractivity contribution in [3.8, 4) is 6.07 Å². The average molecular weight is 347 g/mol. The Morgan fingerprint density at radius 1 is 1.19 bits per heavy atom. The second-order valence-electron chi connectivity index (χ2n) is 6.14. The van der Waals surface area contributed by atoms with Gasteiger partial charge in [-0.2, -0.15) is 5.26 Å². The van der Waals surface area contributed by atoms with E-state index in [1.54, 1.807) is 18.2 Å². The summed E-state index contributed by atoms with van der Waals surface area (Å²) in [5.41, 5.74) is 3.89. The number of nitriles is 1. The number of rotatable bonds is 6. The Balaban J connectivity index is 1.84. The molecule has 0 N–H and O–H groups in total. The first kappa shape index (κ1) is 17.6. The summed E-state index contributed by atoms with van der Waals surface area (Å²) in [6.45, 7) is 5.98. The zero-order valence-electron chi connectivity index (χ0n) is 15.0. The van der Waals surface area contributed by atoms with Crippen molar-refractivity contribution in [1.82, 2.24) is 19.9 Å². The molecule has 0 aliphatic carbocycles. The molecule has 0 fully saturated rings. The maximum Gasteiger partial charge on any atom is 0.254 e. The van der Waals surface area contributed by atoms with Crippen LogP contribution in [0.5, 0.6) is 0 Å². The number of carbonyl (C=O) groups is 1. The molecule has 26 heavy (non-hydrogen) atoms. The highest BCUT2D eigenvalue weighted by Gasteiger charge is 2.17. The first-order chi connectivity index (χ1) is 12.7. The number of aromatic nitrogens is 3. The number of amides is 1. The number of hydrogen-bond acceptors (Lipinski definition) is 4. The van der Waals surface area contributed by atoms with E-state index in [9.17, 15) is 4.79 Å². The van der Waals surface area contributed by atoms with Crippen LogP contribution in [0.3, 0.4) is 0 Å². The Hall–Kier alpha value is -3.20. The molecular formula is C20H21N5O. The quantitative estimate of drug-likeness (QED) is 0.685. The first-order valence-electron chi connectivity index (χ1n) is 8.77. The summed E-state index contributed by atoms with van der Waals surface area (Å²) in [6, 6.07) is 15.0. The van der Waals surface area contributed by atoms with Crippen molar-refractivity contribution >= 4 is 16.9 Å². The topological polar surface area (TPSA) is 74.8 Å². The van der Waals surface area contributed by atoms with Crippen LogP contribution in [0.1, 0.15) is 41.8 Å². The number of carbonyl (C=O) groups excluding carboxylic acids is 1. The van der Waals surface area contributed by atoms with Gasteiger partial charge in [-0.25, -0.2) is 4.68 Å². The Kier molecular flexibility index (Phi) is 5.28. The lowest BCUT2D eigenvalue weighted by Crippen LogP contribution is -2.31. The van der Waals surface area contributed by atoms with Gasteiger partial charge in [-0.3, -0.25) is 4.79 Å². The Morgan fingerprint density at radius 2 is 1.96 bits per heavy atom. The third-order valence-corrected chi connectivity index (χ3v) is 4.30. The molecule has 1 heterocycles. The molecule has 0 aliphatic rings. The molecule has 132 valence electrons. The largest absolute Gasteiger partial charge is 0.334 e. The van der Waals surface area contributed by atoms with Gasteiger partial charge in [-0.05, 0) is 49.2 Å². The predicted molar refractivity (Wildman–Crippen MR) is 99.4 cm³/mol.